The molecule has 0 radical (unpaired) electrons. The molecule has 0 unspecified atom stereocenters. The molecule has 24 heavy (non-hydrogen) atoms. The molecule has 2 aromatic carbocycles. The number of aryl methyl sites for hydroxylation is 1. The van der Waals surface area contributed by atoms with E-state index in [9.17, 15) is 8.42 Å². The largest absolute Gasteiger partial charge is 0.439 e. The standard InChI is InChI=1S/C18H16N2O3S/c1-14-7-5-6-10-17(14)24(21,22)20-15-11-12-18(19-13-15)23-16-8-3-2-4-9-16/h2-13,20H,1H3. The third-order valence-corrected chi connectivity index (χ3v) is 4.88. The monoisotopic (exact) mass is 340 g/mol. The van der Waals surface area contributed by atoms with Crippen LogP contribution in [-0.2, 0) is 10.0 Å². The zero-order chi connectivity index (χ0) is 17.0. The van der Waals surface area contributed by atoms with E-state index in [2.05, 4.69) is 9.71 Å². The molecule has 0 bridgehead atoms. The van der Waals surface area contributed by atoms with Crippen molar-refractivity contribution < 1.29 is 13.2 Å². The predicted molar refractivity (Wildman–Crippen MR) is 92.7 cm³/mol. The van der Waals surface area contributed by atoms with Crippen molar-refractivity contribution in [1.82, 2.24) is 4.98 Å². The average Bonchev–Trinajstić information content (AvgIpc) is 2.58. The van der Waals surface area contributed by atoms with Gasteiger partial charge >= 0.3 is 0 Å². The fourth-order valence-electron chi connectivity index (χ4n) is 2.18. The van der Waals surface area contributed by atoms with Gasteiger partial charge in [0.1, 0.15) is 5.75 Å². The summed E-state index contributed by atoms with van der Waals surface area (Å²) in [6, 6.07) is 19.3. The number of para-hydroxylation sites is 1. The van der Waals surface area contributed by atoms with Crippen LogP contribution in [0.5, 0.6) is 11.6 Å². The van der Waals surface area contributed by atoms with E-state index < -0.39 is 10.0 Å². The maximum atomic E-state index is 12.4. The first-order chi connectivity index (χ1) is 11.5. The van der Waals surface area contributed by atoms with E-state index in [-0.39, 0.29) is 4.90 Å². The lowest BCUT2D eigenvalue weighted by molar-refractivity contribution is 0.463. The normalized spacial score (nSPS) is 11.0. The van der Waals surface area contributed by atoms with Crippen LogP contribution in [0.25, 0.3) is 0 Å². The molecule has 0 aliphatic carbocycles. The molecule has 0 spiro atoms. The molecule has 1 heterocycles. The van der Waals surface area contributed by atoms with Crippen molar-refractivity contribution in [3.63, 3.8) is 0 Å². The molecule has 3 rings (SSSR count). The average molecular weight is 340 g/mol. The lowest BCUT2D eigenvalue weighted by atomic mass is 10.2. The molecular formula is C18H16N2O3S. The fourth-order valence-corrected chi connectivity index (χ4v) is 3.47. The summed E-state index contributed by atoms with van der Waals surface area (Å²) in [7, 11) is -3.65. The first kappa shape index (κ1) is 16.0. The van der Waals surface area contributed by atoms with Crippen molar-refractivity contribution in [2.24, 2.45) is 0 Å². The SMILES string of the molecule is Cc1ccccc1S(=O)(=O)Nc1ccc(Oc2ccccc2)nc1. The van der Waals surface area contributed by atoms with E-state index >= 15 is 0 Å². The van der Waals surface area contributed by atoms with Crippen LogP contribution in [-0.4, -0.2) is 13.4 Å². The smallest absolute Gasteiger partial charge is 0.262 e. The highest BCUT2D eigenvalue weighted by atomic mass is 32.2. The summed E-state index contributed by atoms with van der Waals surface area (Å²) in [6.45, 7) is 1.75. The molecule has 0 atom stereocenters. The van der Waals surface area contributed by atoms with E-state index in [1.54, 1.807) is 43.3 Å². The highest BCUT2D eigenvalue weighted by Gasteiger charge is 2.16. The zero-order valence-corrected chi connectivity index (χ0v) is 13.8. The van der Waals surface area contributed by atoms with E-state index in [1.165, 1.54) is 6.20 Å². The summed E-state index contributed by atoms with van der Waals surface area (Å²) < 4.78 is 33.0. The van der Waals surface area contributed by atoms with Crippen LogP contribution in [0.2, 0.25) is 0 Å². The number of anilines is 1. The first-order valence-electron chi connectivity index (χ1n) is 7.32. The highest BCUT2D eigenvalue weighted by Crippen LogP contribution is 2.22. The maximum absolute atomic E-state index is 12.4. The minimum atomic E-state index is -3.65. The van der Waals surface area contributed by atoms with E-state index in [0.29, 0.717) is 22.9 Å². The van der Waals surface area contributed by atoms with Gasteiger partial charge in [-0.15, -0.1) is 0 Å². The van der Waals surface area contributed by atoms with Crippen LogP contribution >= 0.6 is 0 Å². The summed E-state index contributed by atoms with van der Waals surface area (Å²) in [6.07, 6.45) is 1.42. The molecule has 0 fully saturated rings. The topological polar surface area (TPSA) is 68.3 Å². The third kappa shape index (κ3) is 3.72. The van der Waals surface area contributed by atoms with Gasteiger partial charge < -0.3 is 4.74 Å². The Morgan fingerprint density at radius 1 is 0.917 bits per heavy atom. The second-order valence-electron chi connectivity index (χ2n) is 5.17. The van der Waals surface area contributed by atoms with E-state index in [4.69, 9.17) is 4.74 Å². The Hall–Kier alpha value is -2.86. The van der Waals surface area contributed by atoms with Gasteiger partial charge in [-0.3, -0.25) is 4.72 Å². The second-order valence-corrected chi connectivity index (χ2v) is 6.82. The van der Waals surface area contributed by atoms with Gasteiger partial charge in [0.05, 0.1) is 16.8 Å². The van der Waals surface area contributed by atoms with Crippen molar-refractivity contribution in [3.05, 3.63) is 78.5 Å². The number of benzene rings is 2. The van der Waals surface area contributed by atoms with Gasteiger partial charge in [-0.2, -0.15) is 0 Å². The van der Waals surface area contributed by atoms with Crippen LogP contribution in [0.3, 0.4) is 0 Å². The molecular weight excluding hydrogens is 324 g/mol. The van der Waals surface area contributed by atoms with Gasteiger partial charge in [-0.05, 0) is 36.8 Å². The van der Waals surface area contributed by atoms with Gasteiger partial charge in [-0.25, -0.2) is 13.4 Å². The van der Waals surface area contributed by atoms with Crippen molar-refractivity contribution >= 4 is 15.7 Å². The maximum Gasteiger partial charge on any atom is 0.262 e. The first-order valence-corrected chi connectivity index (χ1v) is 8.80. The number of hydrogen-bond donors (Lipinski definition) is 1. The van der Waals surface area contributed by atoms with Crippen LogP contribution in [0.1, 0.15) is 5.56 Å². The third-order valence-electron chi connectivity index (χ3n) is 3.34. The summed E-state index contributed by atoms with van der Waals surface area (Å²) in [5, 5.41) is 0. The Kier molecular flexibility index (Phi) is 4.48. The summed E-state index contributed by atoms with van der Waals surface area (Å²) in [5.41, 5.74) is 1.06. The van der Waals surface area contributed by atoms with Gasteiger partial charge in [0.25, 0.3) is 10.0 Å². The number of sulfonamides is 1. The van der Waals surface area contributed by atoms with Gasteiger partial charge in [0.2, 0.25) is 5.88 Å². The molecule has 3 aromatic rings. The van der Waals surface area contributed by atoms with Crippen molar-refractivity contribution in [2.45, 2.75) is 11.8 Å². The minimum Gasteiger partial charge on any atom is -0.439 e. The molecule has 1 aromatic heterocycles. The van der Waals surface area contributed by atoms with Gasteiger partial charge in [0.15, 0.2) is 0 Å². The van der Waals surface area contributed by atoms with Gasteiger partial charge in [0, 0.05) is 6.07 Å². The predicted octanol–water partition coefficient (Wildman–Crippen LogP) is 3.98. The Balaban J connectivity index is 1.76. The minimum absolute atomic E-state index is 0.245. The molecule has 0 saturated heterocycles. The highest BCUT2D eigenvalue weighted by molar-refractivity contribution is 7.92. The second kappa shape index (κ2) is 6.72. The summed E-state index contributed by atoms with van der Waals surface area (Å²) in [5.74, 6) is 1.05. The van der Waals surface area contributed by atoms with Crippen LogP contribution < -0.4 is 9.46 Å². The van der Waals surface area contributed by atoms with Crippen molar-refractivity contribution in [2.75, 3.05) is 4.72 Å². The molecule has 5 nitrogen and oxygen atoms in total. The Morgan fingerprint density at radius 3 is 2.29 bits per heavy atom. The van der Waals surface area contributed by atoms with Crippen molar-refractivity contribution in [3.8, 4) is 11.6 Å². The summed E-state index contributed by atoms with van der Waals surface area (Å²) in [4.78, 5) is 4.37. The van der Waals surface area contributed by atoms with Crippen LogP contribution in [0.4, 0.5) is 5.69 Å². The molecule has 0 aliphatic heterocycles. The number of aromatic nitrogens is 1. The molecule has 0 saturated carbocycles. The Labute approximate surface area is 141 Å². The molecule has 6 heteroatoms. The van der Waals surface area contributed by atoms with Crippen LogP contribution in [0.15, 0.2) is 77.8 Å². The number of rotatable bonds is 5. The van der Waals surface area contributed by atoms with E-state index in [1.807, 2.05) is 30.3 Å². The Morgan fingerprint density at radius 2 is 1.62 bits per heavy atom. The molecule has 0 aliphatic rings. The molecule has 122 valence electrons. The lowest BCUT2D eigenvalue weighted by Crippen LogP contribution is -2.14. The van der Waals surface area contributed by atoms with Gasteiger partial charge in [-0.1, -0.05) is 36.4 Å². The lowest BCUT2D eigenvalue weighted by Gasteiger charge is -2.10. The number of pyridine rings is 1. The number of ether oxygens (including phenoxy) is 1. The zero-order valence-electron chi connectivity index (χ0n) is 13.0. The number of nitrogens with one attached hydrogen (secondary N) is 1. The number of nitrogens with zero attached hydrogens (tertiary/aromatic N) is 1. The fraction of sp³-hybridized carbons (Fsp3) is 0.0556. The van der Waals surface area contributed by atoms with E-state index in [0.717, 1.165) is 0 Å². The Bertz CT molecular complexity index is 924. The molecule has 0 amide bonds. The summed E-state index contributed by atoms with van der Waals surface area (Å²) >= 11 is 0. The number of hydrogen-bond acceptors (Lipinski definition) is 4. The van der Waals surface area contributed by atoms with Crippen molar-refractivity contribution in [1.29, 1.82) is 0 Å². The van der Waals surface area contributed by atoms with Crippen LogP contribution in [0, 0.1) is 6.92 Å². The quantitative estimate of drug-likeness (QED) is 0.763. The molecule has 1 N–H and O–H groups in total.